The van der Waals surface area contributed by atoms with Crippen LogP contribution in [-0.4, -0.2) is 30.6 Å². The number of carbonyl (C=O) groups excluding carboxylic acids is 2. The van der Waals surface area contributed by atoms with E-state index in [1.165, 1.54) is 7.11 Å². The lowest BCUT2D eigenvalue weighted by atomic mass is 9.85. The minimum absolute atomic E-state index is 0.213. The molecule has 84 valence electrons. The summed E-state index contributed by atoms with van der Waals surface area (Å²) < 4.78 is 4.61. The largest absolute Gasteiger partial charge is 0.468 e. The lowest BCUT2D eigenvalue weighted by Gasteiger charge is -2.20. The van der Waals surface area contributed by atoms with E-state index >= 15 is 0 Å². The van der Waals surface area contributed by atoms with Crippen molar-refractivity contribution < 1.29 is 19.4 Å². The van der Waals surface area contributed by atoms with E-state index in [2.05, 4.69) is 4.74 Å². The topological polar surface area (TPSA) is 63.6 Å². The summed E-state index contributed by atoms with van der Waals surface area (Å²) in [6.07, 6.45) is 0.213. The van der Waals surface area contributed by atoms with Crippen LogP contribution in [0.3, 0.4) is 0 Å². The van der Waals surface area contributed by atoms with Crippen molar-refractivity contribution in [3.8, 4) is 0 Å². The Kier molecular flexibility index (Phi) is 2.52. The number of methoxy groups -OCH3 is 1. The number of esters is 1. The Labute approximate surface area is 92.8 Å². The van der Waals surface area contributed by atoms with Crippen LogP contribution in [-0.2, 0) is 16.0 Å². The van der Waals surface area contributed by atoms with Gasteiger partial charge in [-0.1, -0.05) is 24.3 Å². The van der Waals surface area contributed by atoms with Gasteiger partial charge in [0.05, 0.1) is 13.7 Å². The fourth-order valence-corrected chi connectivity index (χ4v) is 2.11. The average Bonchev–Trinajstić information content (AvgIpc) is 2.63. The molecule has 0 heterocycles. The van der Waals surface area contributed by atoms with Crippen molar-refractivity contribution in [2.75, 3.05) is 13.7 Å². The van der Waals surface area contributed by atoms with Crippen LogP contribution >= 0.6 is 0 Å². The summed E-state index contributed by atoms with van der Waals surface area (Å²) in [5, 5.41) is 9.34. The quantitative estimate of drug-likeness (QED) is 0.585. The molecule has 0 spiro atoms. The summed E-state index contributed by atoms with van der Waals surface area (Å²) >= 11 is 0. The molecule has 0 aromatic heterocycles. The zero-order chi connectivity index (χ0) is 11.8. The van der Waals surface area contributed by atoms with E-state index in [0.29, 0.717) is 5.56 Å². The van der Waals surface area contributed by atoms with Crippen molar-refractivity contribution in [3.05, 3.63) is 35.4 Å². The molecule has 1 unspecified atom stereocenters. The molecule has 0 radical (unpaired) electrons. The van der Waals surface area contributed by atoms with E-state index in [-0.39, 0.29) is 12.2 Å². The number of aliphatic hydroxyl groups is 1. The van der Waals surface area contributed by atoms with Gasteiger partial charge in [0.1, 0.15) is 0 Å². The molecule has 16 heavy (non-hydrogen) atoms. The first kappa shape index (κ1) is 10.8. The molecule has 1 aliphatic rings. The highest BCUT2D eigenvalue weighted by Crippen LogP contribution is 2.37. The molecule has 4 heteroatoms. The van der Waals surface area contributed by atoms with Crippen molar-refractivity contribution >= 4 is 11.8 Å². The zero-order valence-corrected chi connectivity index (χ0v) is 8.90. The number of Topliss-reactive ketones (excluding diaryl/α,β-unsaturated/α-hetero) is 1. The van der Waals surface area contributed by atoms with Gasteiger partial charge in [0.25, 0.3) is 0 Å². The van der Waals surface area contributed by atoms with Crippen LogP contribution in [0.15, 0.2) is 24.3 Å². The standard InChI is InChI=1S/C12H12O4/c1-16-11(15)12(7-13)6-8-4-2-3-5-9(8)10(12)14/h2-5,13H,6-7H2,1H3. The molecule has 1 atom stereocenters. The molecule has 0 amide bonds. The molecule has 0 saturated heterocycles. The fraction of sp³-hybridized carbons (Fsp3) is 0.333. The van der Waals surface area contributed by atoms with Gasteiger partial charge in [-0.05, 0) is 12.0 Å². The highest BCUT2D eigenvalue weighted by Gasteiger charge is 2.52. The highest BCUT2D eigenvalue weighted by atomic mass is 16.5. The second-order valence-electron chi connectivity index (χ2n) is 3.89. The fourth-order valence-electron chi connectivity index (χ4n) is 2.11. The van der Waals surface area contributed by atoms with Gasteiger partial charge in [-0.2, -0.15) is 0 Å². The van der Waals surface area contributed by atoms with Gasteiger partial charge in [0.15, 0.2) is 11.2 Å². The van der Waals surface area contributed by atoms with Crippen molar-refractivity contribution in [2.45, 2.75) is 6.42 Å². The van der Waals surface area contributed by atoms with Crippen molar-refractivity contribution in [1.29, 1.82) is 0 Å². The Morgan fingerprint density at radius 2 is 2.19 bits per heavy atom. The summed E-state index contributed by atoms with van der Waals surface area (Å²) in [4.78, 5) is 23.7. The molecule has 1 aromatic carbocycles. The lowest BCUT2D eigenvalue weighted by Crippen LogP contribution is -2.41. The second-order valence-corrected chi connectivity index (χ2v) is 3.89. The highest BCUT2D eigenvalue weighted by molar-refractivity contribution is 6.16. The second kappa shape index (κ2) is 3.72. The van der Waals surface area contributed by atoms with Gasteiger partial charge in [0.2, 0.25) is 0 Å². The summed E-state index contributed by atoms with van der Waals surface area (Å²) in [5.41, 5.74) is -0.146. The Morgan fingerprint density at radius 3 is 2.75 bits per heavy atom. The summed E-state index contributed by atoms with van der Waals surface area (Å²) in [6, 6.07) is 6.99. The van der Waals surface area contributed by atoms with Crippen LogP contribution in [0.2, 0.25) is 0 Å². The molecule has 2 rings (SSSR count). The van der Waals surface area contributed by atoms with E-state index in [1.807, 2.05) is 0 Å². The molecule has 4 nitrogen and oxygen atoms in total. The van der Waals surface area contributed by atoms with Crippen LogP contribution in [0.25, 0.3) is 0 Å². The van der Waals surface area contributed by atoms with Gasteiger partial charge < -0.3 is 9.84 Å². The number of rotatable bonds is 2. The van der Waals surface area contributed by atoms with Crippen LogP contribution in [0.4, 0.5) is 0 Å². The number of aliphatic hydroxyl groups excluding tert-OH is 1. The lowest BCUT2D eigenvalue weighted by molar-refractivity contribution is -0.151. The number of ketones is 1. The van der Waals surface area contributed by atoms with Crippen LogP contribution in [0.5, 0.6) is 0 Å². The van der Waals surface area contributed by atoms with Crippen molar-refractivity contribution in [2.24, 2.45) is 5.41 Å². The van der Waals surface area contributed by atoms with E-state index < -0.39 is 18.0 Å². The van der Waals surface area contributed by atoms with Gasteiger partial charge in [-0.3, -0.25) is 9.59 Å². The molecule has 0 bridgehead atoms. The number of hydrogen-bond donors (Lipinski definition) is 1. The smallest absolute Gasteiger partial charge is 0.322 e. The summed E-state index contributed by atoms with van der Waals surface area (Å²) in [6.45, 7) is -0.521. The normalized spacial score (nSPS) is 23.0. The minimum atomic E-state index is -1.43. The first-order valence-corrected chi connectivity index (χ1v) is 4.97. The third kappa shape index (κ3) is 1.27. The van der Waals surface area contributed by atoms with E-state index in [1.54, 1.807) is 24.3 Å². The predicted octanol–water partition coefficient (Wildman–Crippen LogP) is 0.577. The molecule has 0 saturated carbocycles. The van der Waals surface area contributed by atoms with Crippen molar-refractivity contribution in [3.63, 3.8) is 0 Å². The maximum atomic E-state index is 12.1. The van der Waals surface area contributed by atoms with Crippen LogP contribution < -0.4 is 0 Å². The summed E-state index contributed by atoms with van der Waals surface area (Å²) in [5.74, 6) is -1.02. The van der Waals surface area contributed by atoms with Gasteiger partial charge >= 0.3 is 5.97 Å². The Bertz CT molecular complexity index is 452. The van der Waals surface area contributed by atoms with Crippen LogP contribution in [0, 0.1) is 5.41 Å². The zero-order valence-electron chi connectivity index (χ0n) is 8.90. The number of hydrogen-bond acceptors (Lipinski definition) is 4. The molecule has 0 aliphatic heterocycles. The van der Waals surface area contributed by atoms with Crippen molar-refractivity contribution in [1.82, 2.24) is 0 Å². The maximum Gasteiger partial charge on any atom is 0.322 e. The molecule has 0 fully saturated rings. The predicted molar refractivity (Wildman–Crippen MR) is 56.0 cm³/mol. The van der Waals surface area contributed by atoms with Gasteiger partial charge in [-0.15, -0.1) is 0 Å². The Morgan fingerprint density at radius 1 is 1.50 bits per heavy atom. The molecule has 1 aliphatic carbocycles. The Hall–Kier alpha value is -1.68. The maximum absolute atomic E-state index is 12.1. The first-order chi connectivity index (χ1) is 7.65. The number of benzene rings is 1. The first-order valence-electron chi connectivity index (χ1n) is 4.97. The van der Waals surface area contributed by atoms with E-state index in [0.717, 1.165) is 5.56 Å². The van der Waals surface area contributed by atoms with E-state index in [4.69, 9.17) is 0 Å². The third-order valence-corrected chi connectivity index (χ3v) is 3.03. The van der Waals surface area contributed by atoms with Gasteiger partial charge in [0, 0.05) is 5.56 Å². The van der Waals surface area contributed by atoms with Gasteiger partial charge in [-0.25, -0.2) is 0 Å². The Balaban J connectivity index is 2.49. The minimum Gasteiger partial charge on any atom is -0.468 e. The number of fused-ring (bicyclic) bond motifs is 1. The summed E-state index contributed by atoms with van der Waals surface area (Å²) in [7, 11) is 1.22. The number of carbonyl (C=O) groups is 2. The third-order valence-electron chi connectivity index (χ3n) is 3.03. The number of ether oxygens (including phenoxy) is 1. The molecular weight excluding hydrogens is 208 g/mol. The molecule has 1 N–H and O–H groups in total. The SMILES string of the molecule is COC(=O)C1(CO)Cc2ccccc2C1=O. The van der Waals surface area contributed by atoms with Crippen LogP contribution in [0.1, 0.15) is 15.9 Å². The van der Waals surface area contributed by atoms with E-state index in [9.17, 15) is 14.7 Å². The monoisotopic (exact) mass is 220 g/mol. The molecule has 1 aromatic rings. The average molecular weight is 220 g/mol. The molecular formula is C12H12O4.